The minimum Gasteiger partial charge on any atom is -0.459 e. The number of hydrogen-bond donors (Lipinski definition) is 1. The van der Waals surface area contributed by atoms with Crippen molar-refractivity contribution in [2.45, 2.75) is 96.2 Å². The maximum atomic E-state index is 13.5. The van der Waals surface area contributed by atoms with E-state index < -0.39 is 5.92 Å². The Morgan fingerprint density at radius 3 is 1.76 bits per heavy atom. The SMILES string of the molecule is CC1=C(C(=O)OC2CCCCC2)C(c2cccc(Br)c2)C(C(=O)OC2CCCCC2)=C(C)N1. The molecule has 1 aromatic carbocycles. The van der Waals surface area contributed by atoms with Crippen molar-refractivity contribution < 1.29 is 19.1 Å². The largest absolute Gasteiger partial charge is 0.459 e. The summed E-state index contributed by atoms with van der Waals surface area (Å²) in [5.41, 5.74) is 3.33. The Labute approximate surface area is 205 Å². The van der Waals surface area contributed by atoms with Crippen LogP contribution < -0.4 is 5.32 Å². The average molecular weight is 516 g/mol. The van der Waals surface area contributed by atoms with Crippen LogP contribution in [-0.2, 0) is 19.1 Å². The number of rotatable bonds is 5. The number of dihydropyridines is 1. The van der Waals surface area contributed by atoms with Gasteiger partial charge in [0.25, 0.3) is 0 Å². The molecule has 1 N–H and O–H groups in total. The molecule has 0 atom stereocenters. The molecule has 3 aliphatic rings. The van der Waals surface area contributed by atoms with Crippen LogP contribution in [0.5, 0.6) is 0 Å². The quantitative estimate of drug-likeness (QED) is 0.457. The zero-order chi connectivity index (χ0) is 23.4. The minimum atomic E-state index is -0.532. The maximum absolute atomic E-state index is 13.5. The number of ether oxygens (including phenoxy) is 2. The Hall–Kier alpha value is -2.08. The number of carbonyl (C=O) groups is 2. The molecule has 178 valence electrons. The van der Waals surface area contributed by atoms with Gasteiger partial charge in [0, 0.05) is 15.9 Å². The highest BCUT2D eigenvalue weighted by molar-refractivity contribution is 9.10. The average Bonchev–Trinajstić information content (AvgIpc) is 2.79. The van der Waals surface area contributed by atoms with E-state index in [9.17, 15) is 9.59 Å². The summed E-state index contributed by atoms with van der Waals surface area (Å²) in [6.07, 6.45) is 10.2. The van der Waals surface area contributed by atoms with Gasteiger partial charge in [0.05, 0.1) is 17.1 Å². The molecule has 2 saturated carbocycles. The second kappa shape index (κ2) is 10.9. The van der Waals surface area contributed by atoms with Crippen molar-refractivity contribution in [1.29, 1.82) is 0 Å². The molecule has 6 heteroatoms. The summed E-state index contributed by atoms with van der Waals surface area (Å²) < 4.78 is 12.8. The van der Waals surface area contributed by atoms with E-state index in [2.05, 4.69) is 21.2 Å². The van der Waals surface area contributed by atoms with E-state index in [0.29, 0.717) is 11.1 Å². The van der Waals surface area contributed by atoms with Gasteiger partial charge in [-0.05, 0) is 82.9 Å². The molecule has 1 heterocycles. The van der Waals surface area contributed by atoms with Crippen molar-refractivity contribution >= 4 is 27.9 Å². The van der Waals surface area contributed by atoms with Crippen molar-refractivity contribution in [3.8, 4) is 0 Å². The highest BCUT2D eigenvalue weighted by Crippen LogP contribution is 2.41. The first-order chi connectivity index (χ1) is 15.9. The Balaban J connectivity index is 1.67. The van der Waals surface area contributed by atoms with Crippen molar-refractivity contribution in [3.05, 3.63) is 56.8 Å². The number of carbonyl (C=O) groups excluding carboxylic acids is 2. The number of allylic oxidation sites excluding steroid dienone is 2. The Bertz CT molecular complexity index is 901. The molecule has 1 aromatic rings. The first-order valence-corrected chi connectivity index (χ1v) is 13.1. The lowest BCUT2D eigenvalue weighted by Gasteiger charge is -2.33. The van der Waals surface area contributed by atoms with Crippen LogP contribution in [0, 0.1) is 0 Å². The highest BCUT2D eigenvalue weighted by atomic mass is 79.9. The molecule has 0 bridgehead atoms. The van der Waals surface area contributed by atoms with E-state index >= 15 is 0 Å². The summed E-state index contributed by atoms with van der Waals surface area (Å²) >= 11 is 3.55. The van der Waals surface area contributed by atoms with Crippen molar-refractivity contribution in [3.63, 3.8) is 0 Å². The predicted octanol–water partition coefficient (Wildman–Crippen LogP) is 6.44. The second-order valence-electron chi connectivity index (χ2n) is 9.52. The molecule has 1 aliphatic heterocycles. The summed E-state index contributed by atoms with van der Waals surface area (Å²) in [5.74, 6) is -1.21. The van der Waals surface area contributed by atoms with Gasteiger partial charge in [-0.1, -0.05) is 40.9 Å². The van der Waals surface area contributed by atoms with Gasteiger partial charge in [-0.25, -0.2) is 9.59 Å². The van der Waals surface area contributed by atoms with Crippen LogP contribution in [0.2, 0.25) is 0 Å². The van der Waals surface area contributed by atoms with E-state index in [-0.39, 0.29) is 24.1 Å². The van der Waals surface area contributed by atoms with Crippen molar-refractivity contribution in [2.24, 2.45) is 0 Å². The number of nitrogens with one attached hydrogen (secondary N) is 1. The molecule has 33 heavy (non-hydrogen) atoms. The van der Waals surface area contributed by atoms with Crippen LogP contribution in [0.4, 0.5) is 0 Å². The van der Waals surface area contributed by atoms with Crippen LogP contribution in [0.1, 0.15) is 89.5 Å². The van der Waals surface area contributed by atoms with E-state index in [4.69, 9.17) is 9.47 Å². The number of benzene rings is 1. The van der Waals surface area contributed by atoms with Gasteiger partial charge in [0.1, 0.15) is 12.2 Å². The van der Waals surface area contributed by atoms with Crippen LogP contribution in [0.25, 0.3) is 0 Å². The number of esters is 2. The molecule has 4 rings (SSSR count). The summed E-state index contributed by atoms with van der Waals surface area (Å²) in [6, 6.07) is 7.81. The van der Waals surface area contributed by atoms with Gasteiger partial charge in [-0.3, -0.25) is 0 Å². The highest BCUT2D eigenvalue weighted by Gasteiger charge is 2.39. The first-order valence-electron chi connectivity index (χ1n) is 12.3. The minimum absolute atomic E-state index is 0.0562. The lowest BCUT2D eigenvalue weighted by atomic mass is 9.80. The van der Waals surface area contributed by atoms with E-state index in [1.165, 1.54) is 12.8 Å². The fourth-order valence-electron chi connectivity index (χ4n) is 5.35. The van der Waals surface area contributed by atoms with Gasteiger partial charge in [0.2, 0.25) is 0 Å². The van der Waals surface area contributed by atoms with E-state index in [1.807, 2.05) is 38.1 Å². The molecule has 0 saturated heterocycles. The summed E-state index contributed by atoms with van der Waals surface area (Å²) in [5, 5.41) is 3.28. The molecule has 5 nitrogen and oxygen atoms in total. The zero-order valence-electron chi connectivity index (χ0n) is 19.6. The van der Waals surface area contributed by atoms with Crippen LogP contribution >= 0.6 is 15.9 Å². The predicted molar refractivity (Wildman–Crippen MR) is 131 cm³/mol. The Morgan fingerprint density at radius 2 is 1.30 bits per heavy atom. The van der Waals surface area contributed by atoms with Crippen LogP contribution in [0.15, 0.2) is 51.3 Å². The smallest absolute Gasteiger partial charge is 0.337 e. The standard InChI is InChI=1S/C27H34BrNO4/c1-17-23(26(30)32-21-12-5-3-6-13-21)25(19-10-9-11-20(28)16-19)24(18(2)29-17)27(31)33-22-14-7-4-8-15-22/h9-11,16,21-22,25,29H,3-8,12-15H2,1-2H3. The van der Waals surface area contributed by atoms with E-state index in [0.717, 1.165) is 72.8 Å². The Kier molecular flexibility index (Phi) is 7.94. The molecular weight excluding hydrogens is 482 g/mol. The lowest BCUT2D eigenvalue weighted by Crippen LogP contribution is -2.35. The second-order valence-corrected chi connectivity index (χ2v) is 10.4. The van der Waals surface area contributed by atoms with Gasteiger partial charge in [0.15, 0.2) is 0 Å². The molecule has 2 fully saturated rings. The monoisotopic (exact) mass is 515 g/mol. The molecular formula is C27H34BrNO4. The molecule has 0 radical (unpaired) electrons. The zero-order valence-corrected chi connectivity index (χ0v) is 21.2. The summed E-state index contributed by atoms with van der Waals surface area (Å²) in [7, 11) is 0. The van der Waals surface area contributed by atoms with Gasteiger partial charge >= 0.3 is 11.9 Å². The number of halogens is 1. The fourth-order valence-corrected chi connectivity index (χ4v) is 5.77. The van der Waals surface area contributed by atoms with Gasteiger partial charge < -0.3 is 14.8 Å². The van der Waals surface area contributed by atoms with E-state index in [1.54, 1.807) is 0 Å². The molecule has 2 aliphatic carbocycles. The van der Waals surface area contributed by atoms with Crippen molar-refractivity contribution in [2.75, 3.05) is 0 Å². The van der Waals surface area contributed by atoms with Gasteiger partial charge in [-0.2, -0.15) is 0 Å². The molecule has 0 aromatic heterocycles. The fraction of sp³-hybridized carbons (Fsp3) is 0.556. The topological polar surface area (TPSA) is 64.6 Å². The lowest BCUT2D eigenvalue weighted by molar-refractivity contribution is -0.146. The van der Waals surface area contributed by atoms with Crippen LogP contribution in [-0.4, -0.2) is 24.1 Å². The third-order valence-electron chi connectivity index (χ3n) is 7.03. The third-order valence-corrected chi connectivity index (χ3v) is 7.53. The molecule has 0 unspecified atom stereocenters. The third kappa shape index (κ3) is 5.71. The maximum Gasteiger partial charge on any atom is 0.337 e. The molecule has 0 amide bonds. The summed E-state index contributed by atoms with van der Waals surface area (Å²) in [6.45, 7) is 3.77. The van der Waals surface area contributed by atoms with Gasteiger partial charge in [-0.15, -0.1) is 0 Å². The first kappa shape index (κ1) is 24.1. The molecule has 0 spiro atoms. The summed E-state index contributed by atoms with van der Waals surface area (Å²) in [4.78, 5) is 27.0. The normalized spacial score (nSPS) is 21.1. The number of hydrogen-bond acceptors (Lipinski definition) is 5. The Morgan fingerprint density at radius 1 is 0.818 bits per heavy atom. The van der Waals surface area contributed by atoms with Crippen LogP contribution in [0.3, 0.4) is 0 Å². The van der Waals surface area contributed by atoms with Crippen molar-refractivity contribution in [1.82, 2.24) is 5.32 Å².